The first-order valence-corrected chi connectivity index (χ1v) is 8.79. The molecule has 0 amide bonds. The van der Waals surface area contributed by atoms with Gasteiger partial charge in [-0.15, -0.1) is 21.5 Å². The summed E-state index contributed by atoms with van der Waals surface area (Å²) in [6, 6.07) is 2.39. The van der Waals surface area contributed by atoms with Crippen molar-refractivity contribution in [3.05, 3.63) is 32.4 Å². The average Bonchev–Trinajstić information content (AvgIpc) is 2.96. The van der Waals surface area contributed by atoms with Gasteiger partial charge >= 0.3 is 0 Å². The van der Waals surface area contributed by atoms with Crippen LogP contribution in [0.3, 0.4) is 0 Å². The number of nitrogens with one attached hydrogen (secondary N) is 1. The summed E-state index contributed by atoms with van der Waals surface area (Å²) in [6.45, 7) is 4.10. The molecule has 0 radical (unpaired) electrons. The fourth-order valence-electron chi connectivity index (χ4n) is 2.63. The van der Waals surface area contributed by atoms with Crippen molar-refractivity contribution >= 4 is 27.3 Å². The van der Waals surface area contributed by atoms with Gasteiger partial charge in [-0.25, -0.2) is 0 Å². The summed E-state index contributed by atoms with van der Waals surface area (Å²) >= 11 is 5.22. The zero-order valence-corrected chi connectivity index (χ0v) is 14.0. The third kappa shape index (κ3) is 3.13. The molecule has 0 aliphatic carbocycles. The molecule has 0 aromatic carbocycles. The van der Waals surface area contributed by atoms with E-state index in [1.165, 1.54) is 28.6 Å². The van der Waals surface area contributed by atoms with Crippen LogP contribution in [0, 0.1) is 0 Å². The monoisotopic (exact) mass is 354 g/mol. The van der Waals surface area contributed by atoms with E-state index in [4.69, 9.17) is 0 Å². The lowest BCUT2D eigenvalue weighted by molar-refractivity contribution is 0.502. The Morgan fingerprint density at radius 3 is 3.10 bits per heavy atom. The minimum absolute atomic E-state index is 0.230. The van der Waals surface area contributed by atoms with Crippen LogP contribution in [0.4, 0.5) is 0 Å². The van der Waals surface area contributed by atoms with Crippen molar-refractivity contribution in [2.24, 2.45) is 0 Å². The zero-order chi connectivity index (χ0) is 13.9. The molecule has 0 bridgehead atoms. The van der Waals surface area contributed by atoms with Crippen LogP contribution in [0.5, 0.6) is 0 Å². The summed E-state index contributed by atoms with van der Waals surface area (Å²) in [5, 5.41) is 14.5. The van der Waals surface area contributed by atoms with Crippen molar-refractivity contribution in [2.45, 2.75) is 51.7 Å². The van der Waals surface area contributed by atoms with E-state index in [0.717, 1.165) is 31.2 Å². The predicted molar refractivity (Wildman–Crippen MR) is 84.9 cm³/mol. The second kappa shape index (κ2) is 6.37. The summed E-state index contributed by atoms with van der Waals surface area (Å²) in [5.41, 5.74) is 1.31. The topological polar surface area (TPSA) is 42.7 Å². The molecular formula is C14H19BrN4S. The van der Waals surface area contributed by atoms with Gasteiger partial charge in [0.25, 0.3) is 0 Å². The third-order valence-corrected chi connectivity index (χ3v) is 5.31. The largest absolute Gasteiger partial charge is 0.314 e. The van der Waals surface area contributed by atoms with Crippen molar-refractivity contribution < 1.29 is 0 Å². The Kier molecular flexibility index (Phi) is 4.53. The Bertz CT molecular complexity index is 577. The standard InChI is InChI=1S/C14H19BrN4S/c1-10(16-8-11-7-12(15)20-9-11)14-18-17-13-5-3-2-4-6-19(13)14/h7,9-10,16H,2-6,8H2,1H3. The van der Waals surface area contributed by atoms with Gasteiger partial charge in [-0.05, 0) is 52.7 Å². The van der Waals surface area contributed by atoms with E-state index in [2.05, 4.69) is 54.4 Å². The molecule has 1 aliphatic rings. The van der Waals surface area contributed by atoms with Crippen molar-refractivity contribution in [1.29, 1.82) is 0 Å². The maximum Gasteiger partial charge on any atom is 0.149 e. The molecule has 2 aromatic heterocycles. The first-order chi connectivity index (χ1) is 9.74. The zero-order valence-electron chi connectivity index (χ0n) is 11.6. The van der Waals surface area contributed by atoms with Crippen LogP contribution in [0.15, 0.2) is 15.2 Å². The van der Waals surface area contributed by atoms with Gasteiger partial charge in [0, 0.05) is 19.5 Å². The van der Waals surface area contributed by atoms with Crippen LogP contribution in [-0.4, -0.2) is 14.8 Å². The molecule has 20 heavy (non-hydrogen) atoms. The number of aromatic nitrogens is 3. The molecule has 4 nitrogen and oxygen atoms in total. The number of hydrogen-bond acceptors (Lipinski definition) is 4. The maximum absolute atomic E-state index is 4.40. The Labute approximate surface area is 131 Å². The number of thiophene rings is 1. The quantitative estimate of drug-likeness (QED) is 0.910. The Hall–Kier alpha value is -0.720. The minimum atomic E-state index is 0.230. The molecule has 108 valence electrons. The van der Waals surface area contributed by atoms with Gasteiger partial charge in [-0.3, -0.25) is 0 Å². The van der Waals surface area contributed by atoms with Gasteiger partial charge in [0.1, 0.15) is 11.6 Å². The van der Waals surface area contributed by atoms with Crippen LogP contribution >= 0.6 is 27.3 Å². The van der Waals surface area contributed by atoms with E-state index >= 15 is 0 Å². The Morgan fingerprint density at radius 1 is 1.40 bits per heavy atom. The summed E-state index contributed by atoms with van der Waals surface area (Å²) in [5.74, 6) is 2.24. The van der Waals surface area contributed by atoms with Gasteiger partial charge in [0.05, 0.1) is 9.83 Å². The molecule has 0 saturated heterocycles. The van der Waals surface area contributed by atoms with E-state index < -0.39 is 0 Å². The minimum Gasteiger partial charge on any atom is -0.314 e. The van der Waals surface area contributed by atoms with Crippen LogP contribution < -0.4 is 5.32 Å². The smallest absolute Gasteiger partial charge is 0.149 e. The lowest BCUT2D eigenvalue weighted by atomic mass is 10.2. The van der Waals surface area contributed by atoms with E-state index in [-0.39, 0.29) is 6.04 Å². The van der Waals surface area contributed by atoms with E-state index in [9.17, 15) is 0 Å². The molecule has 6 heteroatoms. The first-order valence-electron chi connectivity index (χ1n) is 7.12. The highest BCUT2D eigenvalue weighted by Gasteiger charge is 2.18. The van der Waals surface area contributed by atoms with E-state index in [0.29, 0.717) is 0 Å². The van der Waals surface area contributed by atoms with Gasteiger partial charge in [0.2, 0.25) is 0 Å². The van der Waals surface area contributed by atoms with Gasteiger partial charge in [-0.1, -0.05) is 6.42 Å². The Morgan fingerprint density at radius 2 is 2.30 bits per heavy atom. The van der Waals surface area contributed by atoms with E-state index in [1.54, 1.807) is 11.3 Å². The molecule has 1 atom stereocenters. The van der Waals surface area contributed by atoms with Gasteiger partial charge in [-0.2, -0.15) is 0 Å². The van der Waals surface area contributed by atoms with Crippen LogP contribution in [0.2, 0.25) is 0 Å². The van der Waals surface area contributed by atoms with Crippen molar-refractivity contribution in [3.8, 4) is 0 Å². The molecular weight excluding hydrogens is 336 g/mol. The average molecular weight is 355 g/mol. The highest BCUT2D eigenvalue weighted by Crippen LogP contribution is 2.22. The lowest BCUT2D eigenvalue weighted by Crippen LogP contribution is -2.22. The highest BCUT2D eigenvalue weighted by atomic mass is 79.9. The fraction of sp³-hybridized carbons (Fsp3) is 0.571. The van der Waals surface area contributed by atoms with Crippen molar-refractivity contribution in [3.63, 3.8) is 0 Å². The molecule has 2 aromatic rings. The third-order valence-electron chi connectivity index (χ3n) is 3.76. The number of aryl methyl sites for hydroxylation is 1. The molecule has 3 heterocycles. The number of nitrogens with zero attached hydrogens (tertiary/aromatic N) is 3. The second-order valence-electron chi connectivity index (χ2n) is 5.30. The summed E-state index contributed by atoms with van der Waals surface area (Å²) in [4.78, 5) is 0. The normalized spacial score (nSPS) is 16.7. The first kappa shape index (κ1) is 14.2. The fourth-order valence-corrected chi connectivity index (χ4v) is 3.84. The predicted octanol–water partition coefficient (Wildman–Crippen LogP) is 3.68. The molecule has 0 spiro atoms. The molecule has 1 unspecified atom stereocenters. The maximum atomic E-state index is 4.40. The van der Waals surface area contributed by atoms with Crippen LogP contribution in [-0.2, 0) is 19.5 Å². The molecule has 0 fully saturated rings. The Balaban J connectivity index is 1.68. The number of halogens is 1. The van der Waals surface area contributed by atoms with Crippen molar-refractivity contribution in [2.75, 3.05) is 0 Å². The molecule has 1 aliphatic heterocycles. The number of rotatable bonds is 4. The lowest BCUT2D eigenvalue weighted by Gasteiger charge is -2.14. The number of fused-ring (bicyclic) bond motifs is 1. The van der Waals surface area contributed by atoms with Gasteiger partial charge in [0.15, 0.2) is 0 Å². The van der Waals surface area contributed by atoms with Crippen LogP contribution in [0.25, 0.3) is 0 Å². The number of hydrogen-bond donors (Lipinski definition) is 1. The SMILES string of the molecule is CC(NCc1csc(Br)c1)c1nnc2n1CCCCC2. The van der Waals surface area contributed by atoms with E-state index in [1.807, 2.05) is 0 Å². The molecule has 0 saturated carbocycles. The summed E-state index contributed by atoms with van der Waals surface area (Å²) in [6.07, 6.45) is 4.84. The summed E-state index contributed by atoms with van der Waals surface area (Å²) in [7, 11) is 0. The molecule has 1 N–H and O–H groups in total. The van der Waals surface area contributed by atoms with Gasteiger partial charge < -0.3 is 9.88 Å². The summed E-state index contributed by atoms with van der Waals surface area (Å²) < 4.78 is 3.49. The van der Waals surface area contributed by atoms with Crippen LogP contribution in [0.1, 0.15) is 49.4 Å². The van der Waals surface area contributed by atoms with Crippen molar-refractivity contribution in [1.82, 2.24) is 20.1 Å². The molecule has 3 rings (SSSR count). The highest BCUT2D eigenvalue weighted by molar-refractivity contribution is 9.11. The second-order valence-corrected chi connectivity index (χ2v) is 7.59.